The minimum atomic E-state index is -0.770. The zero-order chi connectivity index (χ0) is 20.0. The summed E-state index contributed by atoms with van der Waals surface area (Å²) in [6.45, 7) is 2.88. The van der Waals surface area contributed by atoms with Crippen molar-refractivity contribution < 1.29 is 19.4 Å². The summed E-state index contributed by atoms with van der Waals surface area (Å²) in [5, 5.41) is 24.7. The van der Waals surface area contributed by atoms with Crippen molar-refractivity contribution in [3.63, 3.8) is 0 Å². The van der Waals surface area contributed by atoms with Crippen molar-refractivity contribution in [2.75, 3.05) is 19.6 Å². The average molecular weight is 378 g/mol. The van der Waals surface area contributed by atoms with E-state index in [1.807, 2.05) is 0 Å². The van der Waals surface area contributed by atoms with Gasteiger partial charge in [0, 0.05) is 37.7 Å². The van der Waals surface area contributed by atoms with Gasteiger partial charge >= 0.3 is 0 Å². The summed E-state index contributed by atoms with van der Waals surface area (Å²) in [6, 6.07) is 1.88. The Kier molecular flexibility index (Phi) is 6.80. The minimum Gasteiger partial charge on any atom is -0.352 e. The third-order valence-corrected chi connectivity index (χ3v) is 4.58. The molecule has 1 fully saturated rings. The number of rotatable bonds is 7. The molecular weight excluding hydrogens is 356 g/mol. The summed E-state index contributed by atoms with van der Waals surface area (Å²) in [6.07, 6.45) is 3.98. The number of hydrogen-bond acceptors (Lipinski definition) is 6. The highest BCUT2D eigenvalue weighted by atomic mass is 16.6. The fourth-order valence-corrected chi connectivity index (χ4v) is 3.06. The second-order valence-corrected chi connectivity index (χ2v) is 6.45. The van der Waals surface area contributed by atoms with Crippen LogP contribution in [0.1, 0.15) is 48.0 Å². The number of nitrogens with zero attached hydrogens (tertiary/aromatic N) is 3. The molecule has 146 valence electrons. The third-order valence-electron chi connectivity index (χ3n) is 4.58. The zero-order valence-corrected chi connectivity index (χ0v) is 15.1. The van der Waals surface area contributed by atoms with Crippen LogP contribution in [0.5, 0.6) is 0 Å². The van der Waals surface area contributed by atoms with E-state index in [-0.39, 0.29) is 23.6 Å². The molecule has 1 aliphatic heterocycles. The van der Waals surface area contributed by atoms with E-state index < -0.39 is 27.1 Å². The molecular formula is C17H22N4O6. The predicted octanol–water partition coefficient (Wildman–Crippen LogP) is 2.33. The Labute approximate surface area is 155 Å². The molecule has 1 saturated heterocycles. The third kappa shape index (κ3) is 5.22. The second-order valence-electron chi connectivity index (χ2n) is 6.45. The number of carbonyl (C=O) groups is 2. The van der Waals surface area contributed by atoms with Crippen LogP contribution in [0.3, 0.4) is 0 Å². The van der Waals surface area contributed by atoms with Crippen LogP contribution in [0.15, 0.2) is 12.1 Å². The first-order chi connectivity index (χ1) is 12.8. The van der Waals surface area contributed by atoms with Crippen molar-refractivity contribution in [2.24, 2.45) is 0 Å². The molecule has 1 heterocycles. The lowest BCUT2D eigenvalue weighted by Gasteiger charge is -2.20. The van der Waals surface area contributed by atoms with E-state index in [1.54, 1.807) is 4.90 Å². The monoisotopic (exact) mass is 378 g/mol. The molecule has 1 aliphatic rings. The molecule has 0 aliphatic carbocycles. The molecule has 2 rings (SSSR count). The van der Waals surface area contributed by atoms with E-state index in [0.29, 0.717) is 25.9 Å². The fourth-order valence-electron chi connectivity index (χ4n) is 3.06. The first-order valence-corrected chi connectivity index (χ1v) is 8.80. The Morgan fingerprint density at radius 1 is 1.19 bits per heavy atom. The van der Waals surface area contributed by atoms with E-state index in [4.69, 9.17) is 0 Å². The van der Waals surface area contributed by atoms with Crippen LogP contribution in [-0.2, 0) is 4.79 Å². The molecule has 10 heteroatoms. The normalized spacial score (nSPS) is 14.6. The van der Waals surface area contributed by atoms with Crippen LogP contribution < -0.4 is 5.32 Å². The Morgan fingerprint density at radius 3 is 2.59 bits per heavy atom. The Hall–Kier alpha value is -3.04. The van der Waals surface area contributed by atoms with Gasteiger partial charge in [-0.2, -0.15) is 0 Å². The molecule has 1 aromatic rings. The van der Waals surface area contributed by atoms with Crippen LogP contribution in [0.2, 0.25) is 0 Å². The molecule has 0 radical (unpaired) electrons. The number of benzene rings is 1. The molecule has 0 saturated carbocycles. The fraction of sp³-hybridized carbons (Fsp3) is 0.529. The van der Waals surface area contributed by atoms with Crippen molar-refractivity contribution in [2.45, 2.75) is 39.0 Å². The Bertz CT molecular complexity index is 764. The number of carbonyl (C=O) groups excluding carboxylic acids is 2. The first kappa shape index (κ1) is 20.3. The first-order valence-electron chi connectivity index (χ1n) is 8.80. The summed E-state index contributed by atoms with van der Waals surface area (Å²) in [4.78, 5) is 46.6. The SMILES string of the molecule is Cc1c(C(=O)NCCCN2CCCCCC2=O)cc([N+](=O)[O-])cc1[N+](=O)[O-]. The molecule has 0 unspecified atom stereocenters. The number of likely N-dealkylation sites (tertiary alicyclic amines) is 1. The maximum Gasteiger partial charge on any atom is 0.279 e. The Morgan fingerprint density at radius 2 is 1.93 bits per heavy atom. The number of amides is 2. The van der Waals surface area contributed by atoms with Gasteiger partial charge in [-0.05, 0) is 26.2 Å². The van der Waals surface area contributed by atoms with E-state index in [0.717, 1.165) is 31.4 Å². The molecule has 10 nitrogen and oxygen atoms in total. The lowest BCUT2D eigenvalue weighted by Crippen LogP contribution is -2.34. The molecule has 0 spiro atoms. The van der Waals surface area contributed by atoms with E-state index in [2.05, 4.69) is 5.32 Å². The van der Waals surface area contributed by atoms with Crippen molar-refractivity contribution in [1.82, 2.24) is 10.2 Å². The molecule has 0 aromatic heterocycles. The van der Waals surface area contributed by atoms with Gasteiger partial charge in [0.1, 0.15) is 0 Å². The van der Waals surface area contributed by atoms with Crippen molar-refractivity contribution in [1.29, 1.82) is 0 Å². The second kappa shape index (κ2) is 9.06. The maximum absolute atomic E-state index is 12.3. The van der Waals surface area contributed by atoms with Gasteiger partial charge in [0.2, 0.25) is 5.91 Å². The van der Waals surface area contributed by atoms with E-state index in [1.165, 1.54) is 6.92 Å². The largest absolute Gasteiger partial charge is 0.352 e. The van der Waals surface area contributed by atoms with Crippen molar-refractivity contribution in [3.8, 4) is 0 Å². The van der Waals surface area contributed by atoms with Gasteiger partial charge < -0.3 is 10.2 Å². The summed E-state index contributed by atoms with van der Waals surface area (Å²) < 4.78 is 0. The summed E-state index contributed by atoms with van der Waals surface area (Å²) >= 11 is 0. The number of hydrogen-bond donors (Lipinski definition) is 1. The van der Waals surface area contributed by atoms with Crippen molar-refractivity contribution >= 4 is 23.2 Å². The topological polar surface area (TPSA) is 136 Å². The van der Waals surface area contributed by atoms with Gasteiger partial charge in [-0.15, -0.1) is 0 Å². The highest BCUT2D eigenvalue weighted by Gasteiger charge is 2.24. The Balaban J connectivity index is 2.00. The van der Waals surface area contributed by atoms with Crippen LogP contribution >= 0.6 is 0 Å². The van der Waals surface area contributed by atoms with Crippen LogP contribution in [0.25, 0.3) is 0 Å². The quantitative estimate of drug-likeness (QED) is 0.439. The van der Waals surface area contributed by atoms with Gasteiger partial charge in [0.25, 0.3) is 17.3 Å². The molecule has 2 amide bonds. The number of nitrogens with one attached hydrogen (secondary N) is 1. The highest BCUT2D eigenvalue weighted by Crippen LogP contribution is 2.27. The predicted molar refractivity (Wildman–Crippen MR) is 96.5 cm³/mol. The number of nitro groups is 2. The summed E-state index contributed by atoms with van der Waals surface area (Å²) in [7, 11) is 0. The molecule has 0 atom stereocenters. The molecule has 1 aromatic carbocycles. The zero-order valence-electron chi connectivity index (χ0n) is 15.1. The summed E-state index contributed by atoms with van der Waals surface area (Å²) in [5.41, 5.74) is -0.996. The smallest absolute Gasteiger partial charge is 0.279 e. The van der Waals surface area contributed by atoms with Crippen LogP contribution in [0, 0.1) is 27.2 Å². The molecule has 1 N–H and O–H groups in total. The minimum absolute atomic E-state index is 0.0748. The van der Waals surface area contributed by atoms with Gasteiger partial charge in [0.15, 0.2) is 0 Å². The van der Waals surface area contributed by atoms with E-state index >= 15 is 0 Å². The van der Waals surface area contributed by atoms with E-state index in [9.17, 15) is 29.8 Å². The lowest BCUT2D eigenvalue weighted by atomic mass is 10.0. The van der Waals surface area contributed by atoms with Gasteiger partial charge in [0.05, 0.1) is 21.5 Å². The van der Waals surface area contributed by atoms with Crippen LogP contribution in [0.4, 0.5) is 11.4 Å². The molecule has 27 heavy (non-hydrogen) atoms. The highest BCUT2D eigenvalue weighted by molar-refractivity contribution is 5.97. The molecule has 0 bridgehead atoms. The number of nitro benzene ring substituents is 2. The number of non-ortho nitro benzene ring substituents is 1. The maximum atomic E-state index is 12.3. The van der Waals surface area contributed by atoms with Gasteiger partial charge in [-0.25, -0.2) is 0 Å². The lowest BCUT2D eigenvalue weighted by molar-refractivity contribution is -0.394. The van der Waals surface area contributed by atoms with Gasteiger partial charge in [-0.3, -0.25) is 29.8 Å². The van der Waals surface area contributed by atoms with Crippen LogP contribution in [-0.4, -0.2) is 46.2 Å². The average Bonchev–Trinajstić information content (AvgIpc) is 2.82. The standard InChI is InChI=1S/C17H22N4O6/c1-12-14(10-13(20(24)25)11-15(12)21(26)27)17(23)18-7-5-9-19-8-4-2-3-6-16(19)22/h10-11H,2-9H2,1H3,(H,18,23). The van der Waals surface area contributed by atoms with Gasteiger partial charge in [-0.1, -0.05) is 6.42 Å². The van der Waals surface area contributed by atoms with Crippen molar-refractivity contribution in [3.05, 3.63) is 43.5 Å². The summed E-state index contributed by atoms with van der Waals surface area (Å²) in [5.74, 6) is -0.495.